The molecule has 0 fully saturated rings. The van der Waals surface area contributed by atoms with Gasteiger partial charge in [0.05, 0.1) is 6.54 Å². The van der Waals surface area contributed by atoms with E-state index < -0.39 is 0 Å². The highest BCUT2D eigenvalue weighted by Crippen LogP contribution is 2.10. The van der Waals surface area contributed by atoms with E-state index in [2.05, 4.69) is 39.4 Å². The molecule has 1 aromatic heterocycles. The number of thiophene rings is 1. The van der Waals surface area contributed by atoms with E-state index in [0.29, 0.717) is 12.3 Å². The Morgan fingerprint density at radius 3 is 2.86 bits per heavy atom. The second kappa shape index (κ2) is 8.32. The first-order valence-electron chi connectivity index (χ1n) is 7.09. The summed E-state index contributed by atoms with van der Waals surface area (Å²) in [5, 5.41) is 20.2. The number of nitrogens with one attached hydrogen (secondary N) is 2. The van der Waals surface area contributed by atoms with Crippen LogP contribution in [-0.2, 0) is 13.0 Å². The van der Waals surface area contributed by atoms with E-state index in [9.17, 15) is 5.11 Å². The summed E-state index contributed by atoms with van der Waals surface area (Å²) in [6.07, 6.45) is 0.845. The third-order valence-electron chi connectivity index (χ3n) is 2.96. The summed E-state index contributed by atoms with van der Waals surface area (Å²) in [5.74, 6) is 1.13. The number of benzene rings is 1. The number of hydrogen-bond donors (Lipinski definition) is 3. The third kappa shape index (κ3) is 5.47. The topological polar surface area (TPSA) is 56.7 Å². The van der Waals surface area contributed by atoms with Crippen LogP contribution in [0.1, 0.15) is 18.1 Å². The maximum Gasteiger partial charge on any atom is 0.191 e. The van der Waals surface area contributed by atoms with Crippen LogP contribution in [0.2, 0.25) is 0 Å². The minimum absolute atomic E-state index is 0.311. The van der Waals surface area contributed by atoms with Crippen LogP contribution in [0.25, 0.3) is 0 Å². The van der Waals surface area contributed by atoms with Crippen molar-refractivity contribution in [3.05, 3.63) is 52.2 Å². The Bertz CT molecular complexity index is 567. The molecule has 0 atom stereocenters. The van der Waals surface area contributed by atoms with E-state index >= 15 is 0 Å². The fraction of sp³-hybridized carbons (Fsp3) is 0.312. The Kier molecular flexibility index (Phi) is 6.09. The van der Waals surface area contributed by atoms with Crippen molar-refractivity contribution >= 4 is 17.3 Å². The zero-order chi connectivity index (χ0) is 14.9. The Morgan fingerprint density at radius 1 is 1.24 bits per heavy atom. The van der Waals surface area contributed by atoms with Crippen molar-refractivity contribution < 1.29 is 5.11 Å². The molecule has 3 N–H and O–H groups in total. The number of hydrogen-bond acceptors (Lipinski definition) is 3. The molecule has 21 heavy (non-hydrogen) atoms. The van der Waals surface area contributed by atoms with Gasteiger partial charge in [-0.3, -0.25) is 0 Å². The van der Waals surface area contributed by atoms with E-state index in [-0.39, 0.29) is 0 Å². The fourth-order valence-electron chi connectivity index (χ4n) is 1.93. The summed E-state index contributed by atoms with van der Waals surface area (Å²) in [5.41, 5.74) is 2.33. The van der Waals surface area contributed by atoms with Gasteiger partial charge in [-0.05, 0) is 53.4 Å². The van der Waals surface area contributed by atoms with Gasteiger partial charge in [-0.1, -0.05) is 12.1 Å². The van der Waals surface area contributed by atoms with Crippen molar-refractivity contribution in [3.63, 3.8) is 0 Å². The highest BCUT2D eigenvalue weighted by Gasteiger charge is 1.99. The molecule has 2 rings (SSSR count). The second-order valence-corrected chi connectivity index (χ2v) is 5.45. The number of aliphatic imine (C=N–C) groups is 1. The molecule has 0 bridgehead atoms. The molecule has 1 aromatic carbocycles. The molecule has 5 heteroatoms. The van der Waals surface area contributed by atoms with Gasteiger partial charge in [-0.15, -0.1) is 0 Å². The maximum atomic E-state index is 9.44. The molecule has 0 aliphatic heterocycles. The van der Waals surface area contributed by atoms with Crippen molar-refractivity contribution in [1.82, 2.24) is 10.6 Å². The van der Waals surface area contributed by atoms with E-state index in [1.54, 1.807) is 23.5 Å². The van der Waals surface area contributed by atoms with E-state index in [0.717, 1.165) is 31.0 Å². The molecule has 1 heterocycles. The van der Waals surface area contributed by atoms with Crippen molar-refractivity contribution in [3.8, 4) is 5.75 Å². The lowest BCUT2D eigenvalue weighted by Gasteiger charge is -2.11. The SMILES string of the molecule is CCNC(=NCc1ccsc1)NCCc1cccc(O)c1. The highest BCUT2D eigenvalue weighted by molar-refractivity contribution is 7.07. The molecule has 0 amide bonds. The average molecular weight is 303 g/mol. The van der Waals surface area contributed by atoms with Crippen LogP contribution in [-0.4, -0.2) is 24.2 Å². The first-order valence-corrected chi connectivity index (χ1v) is 8.03. The molecule has 112 valence electrons. The van der Waals surface area contributed by atoms with E-state index in [1.165, 1.54) is 5.56 Å². The first-order chi connectivity index (χ1) is 10.3. The molecule has 4 nitrogen and oxygen atoms in total. The maximum absolute atomic E-state index is 9.44. The number of aromatic hydroxyl groups is 1. The Labute approximate surface area is 129 Å². The van der Waals surface area contributed by atoms with Gasteiger partial charge in [-0.2, -0.15) is 11.3 Å². The second-order valence-electron chi connectivity index (χ2n) is 4.67. The normalized spacial score (nSPS) is 11.4. The largest absolute Gasteiger partial charge is 0.508 e. The van der Waals surface area contributed by atoms with Gasteiger partial charge in [0.1, 0.15) is 5.75 Å². The highest BCUT2D eigenvalue weighted by atomic mass is 32.1. The lowest BCUT2D eigenvalue weighted by Crippen LogP contribution is -2.38. The van der Waals surface area contributed by atoms with Gasteiger partial charge < -0.3 is 15.7 Å². The molecular weight excluding hydrogens is 282 g/mol. The molecule has 0 aliphatic carbocycles. The summed E-state index contributed by atoms with van der Waals surface area (Å²) in [6, 6.07) is 9.43. The smallest absolute Gasteiger partial charge is 0.191 e. The summed E-state index contributed by atoms with van der Waals surface area (Å²) in [6.45, 7) is 4.35. The lowest BCUT2D eigenvalue weighted by atomic mass is 10.1. The van der Waals surface area contributed by atoms with Gasteiger partial charge in [0, 0.05) is 13.1 Å². The van der Waals surface area contributed by atoms with Crippen LogP contribution in [0, 0.1) is 0 Å². The van der Waals surface area contributed by atoms with Crippen molar-refractivity contribution in [2.75, 3.05) is 13.1 Å². The van der Waals surface area contributed by atoms with Crippen molar-refractivity contribution in [2.45, 2.75) is 19.9 Å². The Balaban J connectivity index is 1.83. The van der Waals surface area contributed by atoms with Crippen LogP contribution in [0.4, 0.5) is 0 Å². The van der Waals surface area contributed by atoms with Crippen LogP contribution in [0.15, 0.2) is 46.1 Å². The average Bonchev–Trinajstić information content (AvgIpc) is 2.98. The predicted octanol–water partition coefficient (Wildman–Crippen LogP) is 2.75. The molecule has 0 radical (unpaired) electrons. The molecule has 0 spiro atoms. The van der Waals surface area contributed by atoms with Gasteiger partial charge in [0.25, 0.3) is 0 Å². The number of nitrogens with zero attached hydrogens (tertiary/aromatic N) is 1. The molecule has 2 aromatic rings. The number of phenols is 1. The third-order valence-corrected chi connectivity index (χ3v) is 3.69. The molecule has 0 unspecified atom stereocenters. The van der Waals surface area contributed by atoms with Gasteiger partial charge in [0.15, 0.2) is 5.96 Å². The Morgan fingerprint density at radius 2 is 2.14 bits per heavy atom. The van der Waals surface area contributed by atoms with Crippen LogP contribution in [0.3, 0.4) is 0 Å². The van der Waals surface area contributed by atoms with Gasteiger partial charge in [0.2, 0.25) is 0 Å². The molecule has 0 aliphatic rings. The summed E-state index contributed by atoms with van der Waals surface area (Å²) >= 11 is 1.69. The first kappa shape index (κ1) is 15.4. The van der Waals surface area contributed by atoms with Gasteiger partial charge in [-0.25, -0.2) is 4.99 Å². The quantitative estimate of drug-likeness (QED) is 0.568. The number of rotatable bonds is 6. The van der Waals surface area contributed by atoms with E-state index in [1.807, 2.05) is 12.1 Å². The Hall–Kier alpha value is -2.01. The van der Waals surface area contributed by atoms with Crippen molar-refractivity contribution in [1.29, 1.82) is 0 Å². The zero-order valence-corrected chi connectivity index (χ0v) is 13.0. The molecule has 0 saturated heterocycles. The summed E-state index contributed by atoms with van der Waals surface area (Å²) in [7, 11) is 0. The van der Waals surface area contributed by atoms with Crippen LogP contribution in [0.5, 0.6) is 5.75 Å². The van der Waals surface area contributed by atoms with E-state index in [4.69, 9.17) is 0 Å². The van der Waals surface area contributed by atoms with Crippen LogP contribution >= 0.6 is 11.3 Å². The molecular formula is C16H21N3OS. The molecule has 0 saturated carbocycles. The summed E-state index contributed by atoms with van der Waals surface area (Å²) < 4.78 is 0. The number of guanidine groups is 1. The standard InChI is InChI=1S/C16H21N3OS/c1-2-17-16(19-11-14-7-9-21-12-14)18-8-6-13-4-3-5-15(20)10-13/h3-5,7,9-10,12,20H,2,6,8,11H2,1H3,(H2,17,18,19). The number of phenolic OH excluding ortho intramolecular Hbond substituents is 1. The predicted molar refractivity (Wildman–Crippen MR) is 88.9 cm³/mol. The minimum atomic E-state index is 0.311. The summed E-state index contributed by atoms with van der Waals surface area (Å²) in [4.78, 5) is 4.56. The van der Waals surface area contributed by atoms with Crippen LogP contribution < -0.4 is 10.6 Å². The minimum Gasteiger partial charge on any atom is -0.508 e. The fourth-order valence-corrected chi connectivity index (χ4v) is 2.59. The zero-order valence-electron chi connectivity index (χ0n) is 12.2. The monoisotopic (exact) mass is 303 g/mol. The van der Waals surface area contributed by atoms with Gasteiger partial charge >= 0.3 is 0 Å². The van der Waals surface area contributed by atoms with Crippen molar-refractivity contribution in [2.24, 2.45) is 4.99 Å². The lowest BCUT2D eigenvalue weighted by molar-refractivity contribution is 0.474.